The first kappa shape index (κ1) is 55.5. The number of hydrogen-bond donors (Lipinski definition) is 3. The molecule has 16 heteroatoms. The molecule has 374 valence electrons. The highest BCUT2D eigenvalue weighted by Gasteiger charge is 2.40. The Bertz CT molecular complexity index is 2290. The Kier molecular flexibility index (Phi) is 21.4. The van der Waals surface area contributed by atoms with Crippen molar-refractivity contribution in [2.45, 2.75) is 130 Å². The molecule has 1 heterocycles. The van der Waals surface area contributed by atoms with Gasteiger partial charge in [-0.2, -0.15) is 0 Å². The Hall–Kier alpha value is -6.13. The monoisotopic (exact) mass is 969 g/mol. The van der Waals surface area contributed by atoms with Crippen LogP contribution in [0, 0.1) is 17.8 Å². The number of carboxylic acids is 1. The van der Waals surface area contributed by atoms with Crippen LogP contribution < -0.4 is 15.4 Å². The molecule has 0 bridgehead atoms. The van der Waals surface area contributed by atoms with E-state index in [4.69, 9.17) is 14.2 Å². The third-order valence-corrected chi connectivity index (χ3v) is 13.4. The SMILES string of the molecule is CC[C@H](C)[C@H](NC(=O)C(C)(C)N(C)C)C(=O)N(CCC(=O)O)[C@H](C[C@@H](OC(C)=O)c1nc(C(=O)N[C@@H](Cc2ccc(OCc3ccccc3)cc2)C[C@H](C)C(=O)OCc2ccccc2)cs1)C(C)C. The highest BCUT2D eigenvalue weighted by atomic mass is 32.1. The number of nitrogens with one attached hydrogen (secondary N) is 2. The van der Waals surface area contributed by atoms with Crippen LogP contribution in [0.2, 0.25) is 0 Å². The number of thiazole rings is 1. The van der Waals surface area contributed by atoms with Gasteiger partial charge in [0.1, 0.15) is 35.7 Å². The van der Waals surface area contributed by atoms with Crippen LogP contribution in [0.15, 0.2) is 90.3 Å². The first-order valence-corrected chi connectivity index (χ1v) is 24.5. The van der Waals surface area contributed by atoms with E-state index in [0.717, 1.165) is 28.0 Å². The summed E-state index contributed by atoms with van der Waals surface area (Å²) in [5.74, 6) is -3.95. The fraction of sp³-hybridized carbons (Fsp3) is 0.491. The van der Waals surface area contributed by atoms with Gasteiger partial charge in [0, 0.05) is 37.4 Å². The molecule has 3 aromatic carbocycles. The van der Waals surface area contributed by atoms with Crippen LogP contribution in [0.4, 0.5) is 0 Å². The number of carboxylic acid groups (broad SMARTS) is 1. The number of carbonyl (C=O) groups is 6. The summed E-state index contributed by atoms with van der Waals surface area (Å²) in [5, 5.41) is 17.7. The van der Waals surface area contributed by atoms with Gasteiger partial charge >= 0.3 is 17.9 Å². The number of aliphatic carboxylic acids is 1. The van der Waals surface area contributed by atoms with Gasteiger partial charge in [-0.25, -0.2) is 4.98 Å². The summed E-state index contributed by atoms with van der Waals surface area (Å²) in [6, 6.07) is 24.6. The lowest BCUT2D eigenvalue weighted by Crippen LogP contribution is -2.60. The largest absolute Gasteiger partial charge is 0.489 e. The van der Waals surface area contributed by atoms with Crippen molar-refractivity contribution < 1.29 is 48.1 Å². The molecule has 69 heavy (non-hydrogen) atoms. The predicted octanol–water partition coefficient (Wildman–Crippen LogP) is 8.03. The fourth-order valence-corrected chi connectivity index (χ4v) is 8.39. The van der Waals surface area contributed by atoms with Gasteiger partial charge in [-0.15, -0.1) is 11.3 Å². The van der Waals surface area contributed by atoms with Gasteiger partial charge in [-0.3, -0.25) is 33.7 Å². The highest BCUT2D eigenvalue weighted by Crippen LogP contribution is 2.32. The minimum absolute atomic E-state index is 0.0256. The quantitative estimate of drug-likeness (QED) is 0.0488. The van der Waals surface area contributed by atoms with Crippen molar-refractivity contribution >= 4 is 47.0 Å². The molecule has 0 fully saturated rings. The number of carbonyl (C=O) groups excluding carboxylic acids is 5. The number of hydrogen-bond acceptors (Lipinski definition) is 12. The Labute approximate surface area is 411 Å². The van der Waals surface area contributed by atoms with Crippen LogP contribution in [-0.4, -0.2) is 99.8 Å². The smallest absolute Gasteiger partial charge is 0.309 e. The van der Waals surface area contributed by atoms with Crippen molar-refractivity contribution in [3.05, 3.63) is 118 Å². The van der Waals surface area contributed by atoms with Gasteiger partial charge in [-0.1, -0.05) is 114 Å². The highest BCUT2D eigenvalue weighted by molar-refractivity contribution is 7.09. The topological polar surface area (TPSA) is 194 Å². The van der Waals surface area contributed by atoms with Gasteiger partial charge in [0.25, 0.3) is 5.91 Å². The molecule has 0 aliphatic carbocycles. The molecular formula is C53H71N5O10S. The van der Waals surface area contributed by atoms with E-state index in [9.17, 15) is 33.9 Å². The lowest BCUT2D eigenvalue weighted by atomic mass is 9.91. The number of nitrogens with zero attached hydrogens (tertiary/aromatic N) is 3. The van der Waals surface area contributed by atoms with Crippen LogP contribution in [0.3, 0.4) is 0 Å². The van der Waals surface area contributed by atoms with Crippen molar-refractivity contribution in [1.29, 1.82) is 0 Å². The Morgan fingerprint density at radius 2 is 1.42 bits per heavy atom. The number of aromatic nitrogens is 1. The van der Waals surface area contributed by atoms with Crippen molar-refractivity contribution in [2.24, 2.45) is 17.8 Å². The number of amides is 3. The molecule has 6 atom stereocenters. The standard InChI is InChI=1S/C53H71N5O10S/c1-11-35(4)47(56-52(65)53(7,8)57(9)10)50(63)58(27-26-46(60)61)44(34(2)3)30-45(68-37(6)59)49-55-43(33-69-49)48(62)54-41(28-36(5)51(64)67-32-40-20-16-13-17-21-40)29-38-22-24-42(25-23-38)66-31-39-18-14-12-15-19-39/h12-25,33-36,41,44-45,47H,11,26-32H2,1-10H3,(H,54,62)(H,56,65)(H,60,61)/t35-,36-,41+,44+,45+,47-/m0/s1. The maximum atomic E-state index is 14.7. The third kappa shape index (κ3) is 17.1. The molecule has 0 aliphatic rings. The number of benzene rings is 3. The lowest BCUT2D eigenvalue weighted by molar-refractivity contribution is -0.151. The summed E-state index contributed by atoms with van der Waals surface area (Å²) < 4.78 is 17.5. The van der Waals surface area contributed by atoms with Crippen LogP contribution in [0.5, 0.6) is 5.75 Å². The molecule has 0 radical (unpaired) electrons. The maximum absolute atomic E-state index is 14.7. The predicted molar refractivity (Wildman–Crippen MR) is 265 cm³/mol. The minimum Gasteiger partial charge on any atom is -0.489 e. The van der Waals surface area contributed by atoms with E-state index in [2.05, 4.69) is 15.6 Å². The molecule has 0 saturated heterocycles. The second-order valence-electron chi connectivity index (χ2n) is 18.7. The molecule has 4 aromatic rings. The van der Waals surface area contributed by atoms with Crippen molar-refractivity contribution in [2.75, 3.05) is 20.6 Å². The summed E-state index contributed by atoms with van der Waals surface area (Å²) in [6.45, 7) is 14.4. The van der Waals surface area contributed by atoms with Crippen molar-refractivity contribution in [1.82, 2.24) is 25.4 Å². The summed E-state index contributed by atoms with van der Waals surface area (Å²) in [4.78, 5) is 88.3. The summed E-state index contributed by atoms with van der Waals surface area (Å²) in [7, 11) is 3.54. The van der Waals surface area contributed by atoms with Crippen LogP contribution in [-0.2, 0) is 53.1 Å². The molecule has 3 amide bonds. The van der Waals surface area contributed by atoms with E-state index in [1.807, 2.05) is 113 Å². The summed E-state index contributed by atoms with van der Waals surface area (Å²) >= 11 is 1.11. The first-order chi connectivity index (χ1) is 32.7. The van der Waals surface area contributed by atoms with Gasteiger partial charge < -0.3 is 34.9 Å². The van der Waals surface area contributed by atoms with Gasteiger partial charge in [0.05, 0.1) is 17.9 Å². The van der Waals surface area contributed by atoms with Crippen LogP contribution in [0.1, 0.15) is 119 Å². The minimum atomic E-state index is -1.11. The van der Waals surface area contributed by atoms with E-state index in [1.54, 1.807) is 45.1 Å². The number of esters is 2. The summed E-state index contributed by atoms with van der Waals surface area (Å²) in [6.07, 6.45) is -0.196. The molecular weight excluding hydrogens is 899 g/mol. The lowest BCUT2D eigenvalue weighted by Gasteiger charge is -2.40. The zero-order chi connectivity index (χ0) is 50.8. The molecule has 1 aromatic heterocycles. The Morgan fingerprint density at radius 3 is 1.97 bits per heavy atom. The average molecular weight is 970 g/mol. The molecule has 0 aliphatic heterocycles. The Balaban J connectivity index is 1.60. The summed E-state index contributed by atoms with van der Waals surface area (Å²) in [5.41, 5.74) is 1.88. The van der Waals surface area contributed by atoms with E-state index >= 15 is 0 Å². The molecule has 3 N–H and O–H groups in total. The van der Waals surface area contributed by atoms with Gasteiger partial charge in [0.15, 0.2) is 6.10 Å². The third-order valence-electron chi connectivity index (χ3n) is 12.5. The average Bonchev–Trinajstić information content (AvgIpc) is 3.82. The van der Waals surface area contributed by atoms with E-state index in [1.165, 1.54) is 11.8 Å². The first-order valence-electron chi connectivity index (χ1n) is 23.6. The van der Waals surface area contributed by atoms with Crippen molar-refractivity contribution in [3.8, 4) is 5.75 Å². The second-order valence-corrected chi connectivity index (χ2v) is 19.6. The normalized spacial score (nSPS) is 14.1. The maximum Gasteiger partial charge on any atom is 0.309 e. The molecule has 4 rings (SSSR count). The van der Waals surface area contributed by atoms with Gasteiger partial charge in [-0.05, 0) is 81.4 Å². The second kappa shape index (κ2) is 26.6. The molecule has 0 spiro atoms. The van der Waals surface area contributed by atoms with Crippen LogP contribution in [0.25, 0.3) is 0 Å². The van der Waals surface area contributed by atoms with Crippen LogP contribution >= 0.6 is 11.3 Å². The zero-order valence-corrected chi connectivity index (χ0v) is 42.5. The number of rotatable bonds is 27. The molecule has 15 nitrogen and oxygen atoms in total. The molecule has 0 unspecified atom stereocenters. The molecule has 0 saturated carbocycles. The zero-order valence-electron chi connectivity index (χ0n) is 41.7. The van der Waals surface area contributed by atoms with E-state index in [0.29, 0.717) is 30.2 Å². The van der Waals surface area contributed by atoms with E-state index in [-0.39, 0.29) is 55.9 Å². The fourth-order valence-electron chi connectivity index (χ4n) is 7.55. The number of likely N-dealkylation sites (N-methyl/N-ethyl adjacent to an activating group) is 1. The van der Waals surface area contributed by atoms with Crippen molar-refractivity contribution in [3.63, 3.8) is 0 Å². The Morgan fingerprint density at radius 1 is 0.812 bits per heavy atom. The van der Waals surface area contributed by atoms with Gasteiger partial charge in [0.2, 0.25) is 11.8 Å². The number of ether oxygens (including phenoxy) is 3. The van der Waals surface area contributed by atoms with E-state index < -0.39 is 65.4 Å².